The average molecular weight is 314 g/mol. The zero-order valence-corrected chi connectivity index (χ0v) is 13.2. The Morgan fingerprint density at radius 3 is 2.42 bits per heavy atom. The van der Waals surface area contributed by atoms with E-state index in [1.165, 1.54) is 16.7 Å². The summed E-state index contributed by atoms with van der Waals surface area (Å²) >= 11 is 18.6. The summed E-state index contributed by atoms with van der Waals surface area (Å²) in [4.78, 5) is 0. The molecule has 0 saturated heterocycles. The van der Waals surface area contributed by atoms with Gasteiger partial charge in [0.05, 0.1) is 5.38 Å². The summed E-state index contributed by atoms with van der Waals surface area (Å²) in [5.74, 6) is 0. The second kappa shape index (κ2) is 6.17. The largest absolute Gasteiger partial charge is 0.117 e. The summed E-state index contributed by atoms with van der Waals surface area (Å²) in [6.07, 6.45) is 0.760. The molecule has 0 aliphatic heterocycles. The first-order valence-electron chi connectivity index (χ1n) is 6.12. The lowest BCUT2D eigenvalue weighted by molar-refractivity contribution is 0.909. The minimum atomic E-state index is -0.148. The summed E-state index contributed by atoms with van der Waals surface area (Å²) in [7, 11) is 0. The monoisotopic (exact) mass is 312 g/mol. The molecule has 0 amide bonds. The van der Waals surface area contributed by atoms with Crippen molar-refractivity contribution in [1.29, 1.82) is 0 Å². The Hall–Kier alpha value is -0.690. The van der Waals surface area contributed by atoms with Gasteiger partial charge in [-0.25, -0.2) is 0 Å². The zero-order valence-electron chi connectivity index (χ0n) is 10.9. The van der Waals surface area contributed by atoms with Gasteiger partial charge in [0.1, 0.15) is 0 Å². The van der Waals surface area contributed by atoms with Crippen LogP contribution in [0.15, 0.2) is 36.4 Å². The van der Waals surface area contributed by atoms with E-state index in [1.807, 2.05) is 12.1 Å². The Kier molecular flexibility index (Phi) is 4.78. The average Bonchev–Trinajstić information content (AvgIpc) is 2.33. The predicted octanol–water partition coefficient (Wildman–Crippen LogP) is 6.13. The lowest BCUT2D eigenvalue weighted by Crippen LogP contribution is -1.99. The van der Waals surface area contributed by atoms with Crippen molar-refractivity contribution in [2.75, 3.05) is 0 Å². The molecule has 0 fully saturated rings. The number of hydrogen-bond acceptors (Lipinski definition) is 0. The van der Waals surface area contributed by atoms with Crippen molar-refractivity contribution in [3.05, 3.63) is 68.7 Å². The minimum Gasteiger partial charge on any atom is -0.117 e. The van der Waals surface area contributed by atoms with E-state index in [1.54, 1.807) is 6.07 Å². The molecule has 0 spiro atoms. The Morgan fingerprint density at radius 1 is 1.00 bits per heavy atom. The highest BCUT2D eigenvalue weighted by Crippen LogP contribution is 2.33. The second-order valence-electron chi connectivity index (χ2n) is 4.77. The van der Waals surface area contributed by atoms with Gasteiger partial charge in [-0.15, -0.1) is 11.6 Å². The van der Waals surface area contributed by atoms with Crippen LogP contribution in [0.4, 0.5) is 0 Å². The van der Waals surface area contributed by atoms with E-state index in [9.17, 15) is 0 Å². The van der Waals surface area contributed by atoms with Crippen LogP contribution in [-0.2, 0) is 6.42 Å². The fourth-order valence-corrected chi connectivity index (χ4v) is 3.03. The summed E-state index contributed by atoms with van der Waals surface area (Å²) in [5.41, 5.74) is 4.67. The molecule has 0 aliphatic rings. The molecule has 1 atom stereocenters. The summed E-state index contributed by atoms with van der Waals surface area (Å²) in [6, 6.07) is 11.9. The lowest BCUT2D eigenvalue weighted by Gasteiger charge is -2.14. The molecule has 1 unspecified atom stereocenters. The Bertz CT molecular complexity index is 591. The smallest absolute Gasteiger partial charge is 0.0640 e. The molecule has 0 aromatic heterocycles. The summed E-state index contributed by atoms with van der Waals surface area (Å²) in [6.45, 7) is 4.18. The van der Waals surface area contributed by atoms with Crippen molar-refractivity contribution in [3.63, 3.8) is 0 Å². The first-order valence-corrected chi connectivity index (χ1v) is 7.32. The van der Waals surface area contributed by atoms with E-state index in [-0.39, 0.29) is 5.38 Å². The third-order valence-corrected chi connectivity index (χ3v) is 4.16. The van der Waals surface area contributed by atoms with Crippen LogP contribution in [0, 0.1) is 13.8 Å². The van der Waals surface area contributed by atoms with Gasteiger partial charge in [-0.2, -0.15) is 0 Å². The van der Waals surface area contributed by atoms with Gasteiger partial charge in [0.25, 0.3) is 0 Å². The molecular formula is C16H15Cl3. The number of halogens is 3. The van der Waals surface area contributed by atoms with Crippen LogP contribution < -0.4 is 0 Å². The number of benzene rings is 2. The van der Waals surface area contributed by atoms with Crippen molar-refractivity contribution >= 4 is 34.8 Å². The van der Waals surface area contributed by atoms with Gasteiger partial charge >= 0.3 is 0 Å². The maximum Gasteiger partial charge on any atom is 0.0640 e. The molecule has 2 rings (SSSR count). The minimum absolute atomic E-state index is 0.148. The number of alkyl halides is 1. The quantitative estimate of drug-likeness (QED) is 0.598. The fourth-order valence-electron chi connectivity index (χ4n) is 2.08. The highest BCUT2D eigenvalue weighted by Gasteiger charge is 2.14. The Morgan fingerprint density at radius 2 is 1.74 bits per heavy atom. The molecular weight excluding hydrogens is 299 g/mol. The van der Waals surface area contributed by atoms with Gasteiger partial charge in [0.2, 0.25) is 0 Å². The van der Waals surface area contributed by atoms with Crippen molar-refractivity contribution in [3.8, 4) is 0 Å². The van der Waals surface area contributed by atoms with E-state index in [2.05, 4.69) is 32.0 Å². The van der Waals surface area contributed by atoms with Crippen LogP contribution in [0.1, 0.15) is 27.6 Å². The Balaban J connectivity index is 2.25. The van der Waals surface area contributed by atoms with E-state index in [0.717, 1.165) is 12.0 Å². The van der Waals surface area contributed by atoms with Crippen LogP contribution in [0.25, 0.3) is 0 Å². The van der Waals surface area contributed by atoms with Crippen LogP contribution >= 0.6 is 34.8 Å². The molecule has 0 bridgehead atoms. The highest BCUT2D eigenvalue weighted by atomic mass is 35.5. The third-order valence-electron chi connectivity index (χ3n) is 3.20. The number of rotatable bonds is 3. The maximum atomic E-state index is 6.50. The first kappa shape index (κ1) is 14.7. The number of aryl methyl sites for hydroxylation is 2. The normalized spacial score (nSPS) is 12.5. The van der Waals surface area contributed by atoms with Gasteiger partial charge in [-0.1, -0.05) is 53.0 Å². The molecule has 3 heteroatoms. The van der Waals surface area contributed by atoms with Gasteiger partial charge in [-0.3, -0.25) is 0 Å². The van der Waals surface area contributed by atoms with Crippen LogP contribution in [-0.4, -0.2) is 0 Å². The summed E-state index contributed by atoms with van der Waals surface area (Å²) in [5, 5.41) is 1.10. The van der Waals surface area contributed by atoms with E-state index < -0.39 is 0 Å². The molecule has 100 valence electrons. The van der Waals surface area contributed by atoms with E-state index >= 15 is 0 Å². The number of hydrogen-bond donors (Lipinski definition) is 0. The van der Waals surface area contributed by atoms with Gasteiger partial charge in [0.15, 0.2) is 0 Å². The molecule has 0 saturated carbocycles. The van der Waals surface area contributed by atoms with Crippen molar-refractivity contribution in [2.24, 2.45) is 0 Å². The fraction of sp³-hybridized carbons (Fsp3) is 0.250. The first-order chi connectivity index (χ1) is 8.97. The summed E-state index contributed by atoms with van der Waals surface area (Å²) < 4.78 is 0. The molecule has 0 heterocycles. The molecule has 0 nitrogen and oxygen atoms in total. The molecule has 19 heavy (non-hydrogen) atoms. The van der Waals surface area contributed by atoms with E-state index in [0.29, 0.717) is 10.0 Å². The van der Waals surface area contributed by atoms with Crippen LogP contribution in [0.3, 0.4) is 0 Å². The SMILES string of the molecule is Cc1ccc(C)c(CC(Cl)c2ccc(Cl)cc2Cl)c1. The maximum absolute atomic E-state index is 6.50. The van der Waals surface area contributed by atoms with Gasteiger partial charge < -0.3 is 0 Å². The third kappa shape index (κ3) is 3.66. The van der Waals surface area contributed by atoms with E-state index in [4.69, 9.17) is 34.8 Å². The van der Waals surface area contributed by atoms with Gasteiger partial charge in [-0.05, 0) is 49.1 Å². The molecule has 2 aromatic rings. The van der Waals surface area contributed by atoms with Gasteiger partial charge in [0, 0.05) is 10.0 Å². The molecule has 0 N–H and O–H groups in total. The molecule has 2 aromatic carbocycles. The van der Waals surface area contributed by atoms with Crippen LogP contribution in [0.5, 0.6) is 0 Å². The van der Waals surface area contributed by atoms with Crippen molar-refractivity contribution in [2.45, 2.75) is 25.6 Å². The lowest BCUT2D eigenvalue weighted by atomic mass is 9.98. The highest BCUT2D eigenvalue weighted by molar-refractivity contribution is 6.35. The standard InChI is InChI=1S/C16H15Cl3/c1-10-3-4-11(2)12(7-10)8-15(18)14-6-5-13(17)9-16(14)19/h3-7,9,15H,8H2,1-2H3. The Labute approximate surface area is 129 Å². The van der Waals surface area contributed by atoms with Crippen LogP contribution in [0.2, 0.25) is 10.0 Å². The molecule has 0 aliphatic carbocycles. The second-order valence-corrected chi connectivity index (χ2v) is 6.14. The van der Waals surface area contributed by atoms with Crippen molar-refractivity contribution in [1.82, 2.24) is 0 Å². The zero-order chi connectivity index (χ0) is 14.0. The molecule has 0 radical (unpaired) electrons. The topological polar surface area (TPSA) is 0 Å². The van der Waals surface area contributed by atoms with Crippen molar-refractivity contribution < 1.29 is 0 Å². The predicted molar refractivity (Wildman–Crippen MR) is 84.7 cm³/mol.